The van der Waals surface area contributed by atoms with E-state index < -0.39 is 0 Å². The Bertz CT molecular complexity index is 319. The highest BCUT2D eigenvalue weighted by Crippen LogP contribution is 2.31. The molecular formula is C13H21NOS. The van der Waals surface area contributed by atoms with E-state index in [4.69, 9.17) is 4.74 Å². The fourth-order valence-electron chi connectivity index (χ4n) is 1.20. The average molecular weight is 239 g/mol. The molecule has 16 heavy (non-hydrogen) atoms. The molecular weight excluding hydrogens is 218 g/mol. The second-order valence-electron chi connectivity index (χ2n) is 4.50. The average Bonchev–Trinajstić information content (AvgIpc) is 2.20. The normalized spacial score (nSPS) is 11.9. The van der Waals surface area contributed by atoms with Crippen LogP contribution < -0.4 is 10.1 Å². The fourth-order valence-corrected chi connectivity index (χ4v) is 2.17. The van der Waals surface area contributed by atoms with Crippen LogP contribution in [0.2, 0.25) is 0 Å². The zero-order valence-electron chi connectivity index (χ0n) is 10.7. The lowest BCUT2D eigenvalue weighted by Crippen LogP contribution is -2.31. The van der Waals surface area contributed by atoms with Crippen molar-refractivity contribution < 1.29 is 4.74 Å². The fraction of sp³-hybridized carbons (Fsp3) is 0.538. The Hall–Kier alpha value is -0.670. The molecule has 0 heterocycles. The standard InChI is InChI=1S/C13H21NOS/c1-10(2)15-11-6-8-12(9-7-11)16-13(3,4)14-5/h6-10,14H,1-5H3. The summed E-state index contributed by atoms with van der Waals surface area (Å²) in [5.41, 5.74) is 0. The van der Waals surface area contributed by atoms with Gasteiger partial charge in [0.1, 0.15) is 5.75 Å². The van der Waals surface area contributed by atoms with Crippen LogP contribution in [0.15, 0.2) is 29.2 Å². The zero-order valence-corrected chi connectivity index (χ0v) is 11.5. The van der Waals surface area contributed by atoms with E-state index in [1.54, 1.807) is 11.8 Å². The number of thioether (sulfide) groups is 1. The molecule has 0 saturated heterocycles. The summed E-state index contributed by atoms with van der Waals surface area (Å²) in [7, 11) is 1.98. The molecule has 1 aromatic carbocycles. The van der Waals surface area contributed by atoms with Gasteiger partial charge in [-0.25, -0.2) is 0 Å². The predicted molar refractivity (Wildman–Crippen MR) is 71.2 cm³/mol. The molecule has 1 aromatic rings. The van der Waals surface area contributed by atoms with E-state index in [2.05, 4.69) is 31.3 Å². The third kappa shape index (κ3) is 4.45. The van der Waals surface area contributed by atoms with E-state index in [-0.39, 0.29) is 11.0 Å². The number of nitrogens with one attached hydrogen (secondary N) is 1. The predicted octanol–water partition coefficient (Wildman–Crippen LogP) is 3.52. The second kappa shape index (κ2) is 5.60. The maximum atomic E-state index is 5.60. The van der Waals surface area contributed by atoms with Gasteiger partial charge in [0.15, 0.2) is 0 Å². The second-order valence-corrected chi connectivity index (χ2v) is 6.20. The third-order valence-electron chi connectivity index (χ3n) is 2.17. The van der Waals surface area contributed by atoms with Crippen molar-refractivity contribution in [2.24, 2.45) is 0 Å². The molecule has 1 N–H and O–H groups in total. The Morgan fingerprint density at radius 3 is 2.19 bits per heavy atom. The molecule has 3 heteroatoms. The molecule has 0 aliphatic carbocycles. The van der Waals surface area contributed by atoms with Crippen LogP contribution >= 0.6 is 11.8 Å². The quantitative estimate of drug-likeness (QED) is 0.627. The van der Waals surface area contributed by atoms with E-state index >= 15 is 0 Å². The molecule has 0 atom stereocenters. The Morgan fingerprint density at radius 2 is 1.75 bits per heavy atom. The Morgan fingerprint density at radius 1 is 1.19 bits per heavy atom. The molecule has 1 rings (SSSR count). The highest BCUT2D eigenvalue weighted by atomic mass is 32.2. The van der Waals surface area contributed by atoms with Gasteiger partial charge in [-0.1, -0.05) is 0 Å². The summed E-state index contributed by atoms with van der Waals surface area (Å²) in [5, 5.41) is 3.27. The molecule has 0 bridgehead atoms. The minimum atomic E-state index is 0.0560. The number of hydrogen-bond acceptors (Lipinski definition) is 3. The van der Waals surface area contributed by atoms with Crippen LogP contribution in [-0.4, -0.2) is 18.0 Å². The summed E-state index contributed by atoms with van der Waals surface area (Å²) < 4.78 is 5.60. The highest BCUT2D eigenvalue weighted by molar-refractivity contribution is 8.00. The molecule has 0 aliphatic heterocycles. The monoisotopic (exact) mass is 239 g/mol. The number of rotatable bonds is 5. The van der Waals surface area contributed by atoms with E-state index in [1.165, 1.54) is 4.90 Å². The van der Waals surface area contributed by atoms with Gasteiger partial charge in [-0.3, -0.25) is 0 Å². The van der Waals surface area contributed by atoms with Crippen molar-refractivity contribution in [2.75, 3.05) is 7.05 Å². The topological polar surface area (TPSA) is 21.3 Å². The molecule has 0 unspecified atom stereocenters. The van der Waals surface area contributed by atoms with Crippen molar-refractivity contribution in [3.8, 4) is 5.75 Å². The van der Waals surface area contributed by atoms with Gasteiger partial charge in [0.2, 0.25) is 0 Å². The minimum Gasteiger partial charge on any atom is -0.491 e. The summed E-state index contributed by atoms with van der Waals surface area (Å²) in [6.45, 7) is 8.39. The van der Waals surface area contributed by atoms with E-state index in [1.807, 2.05) is 33.0 Å². The summed E-state index contributed by atoms with van der Waals surface area (Å²) in [6, 6.07) is 8.24. The molecule has 0 saturated carbocycles. The summed E-state index contributed by atoms with van der Waals surface area (Å²) in [6.07, 6.45) is 0.229. The van der Waals surface area contributed by atoms with Gasteiger partial charge in [-0.15, -0.1) is 11.8 Å². The third-order valence-corrected chi connectivity index (χ3v) is 3.39. The summed E-state index contributed by atoms with van der Waals surface area (Å²) in [4.78, 5) is 1.30. The molecule has 0 aromatic heterocycles. The van der Waals surface area contributed by atoms with Crippen molar-refractivity contribution in [3.63, 3.8) is 0 Å². The minimum absolute atomic E-state index is 0.0560. The van der Waals surface area contributed by atoms with Gasteiger partial charge in [0.05, 0.1) is 11.0 Å². The van der Waals surface area contributed by atoms with E-state index in [9.17, 15) is 0 Å². The first-order valence-corrected chi connectivity index (χ1v) is 6.39. The highest BCUT2D eigenvalue weighted by Gasteiger charge is 2.15. The molecule has 0 aliphatic rings. The maximum Gasteiger partial charge on any atom is 0.119 e. The van der Waals surface area contributed by atoms with Crippen molar-refractivity contribution in [3.05, 3.63) is 24.3 Å². The van der Waals surface area contributed by atoms with Crippen molar-refractivity contribution >= 4 is 11.8 Å². The lowest BCUT2D eigenvalue weighted by molar-refractivity contribution is 0.242. The smallest absolute Gasteiger partial charge is 0.119 e. The van der Waals surface area contributed by atoms with Crippen LogP contribution in [0.3, 0.4) is 0 Å². The van der Waals surface area contributed by atoms with Crippen LogP contribution in [0.1, 0.15) is 27.7 Å². The Labute approximate surface area is 103 Å². The first-order valence-electron chi connectivity index (χ1n) is 5.57. The van der Waals surface area contributed by atoms with E-state index in [0.29, 0.717) is 0 Å². The number of ether oxygens (including phenoxy) is 1. The van der Waals surface area contributed by atoms with Gasteiger partial charge >= 0.3 is 0 Å². The summed E-state index contributed by atoms with van der Waals surface area (Å²) in [5.74, 6) is 0.932. The van der Waals surface area contributed by atoms with Gasteiger partial charge in [0, 0.05) is 4.90 Å². The first kappa shape index (κ1) is 13.4. The molecule has 0 radical (unpaired) electrons. The molecule has 0 amide bonds. The van der Waals surface area contributed by atoms with Crippen molar-refractivity contribution in [1.29, 1.82) is 0 Å². The molecule has 0 spiro atoms. The SMILES string of the molecule is CNC(C)(C)Sc1ccc(OC(C)C)cc1. The molecule has 0 fully saturated rings. The Kier molecular flexibility index (Phi) is 4.69. The summed E-state index contributed by atoms with van der Waals surface area (Å²) >= 11 is 1.81. The van der Waals surface area contributed by atoms with Crippen molar-refractivity contribution in [2.45, 2.75) is 43.6 Å². The van der Waals surface area contributed by atoms with Crippen LogP contribution in [0.25, 0.3) is 0 Å². The maximum absolute atomic E-state index is 5.60. The Balaban J connectivity index is 2.64. The van der Waals surface area contributed by atoms with Gasteiger partial charge in [-0.05, 0) is 59.0 Å². The van der Waals surface area contributed by atoms with Crippen LogP contribution in [-0.2, 0) is 0 Å². The van der Waals surface area contributed by atoms with E-state index in [0.717, 1.165) is 5.75 Å². The van der Waals surface area contributed by atoms with Gasteiger partial charge < -0.3 is 10.1 Å². The van der Waals surface area contributed by atoms with Crippen LogP contribution in [0, 0.1) is 0 Å². The number of benzene rings is 1. The van der Waals surface area contributed by atoms with Crippen LogP contribution in [0.5, 0.6) is 5.75 Å². The largest absolute Gasteiger partial charge is 0.491 e. The lowest BCUT2D eigenvalue weighted by atomic mass is 10.3. The number of hydrogen-bond donors (Lipinski definition) is 1. The lowest BCUT2D eigenvalue weighted by Gasteiger charge is -2.23. The van der Waals surface area contributed by atoms with Gasteiger partial charge in [0.25, 0.3) is 0 Å². The van der Waals surface area contributed by atoms with Gasteiger partial charge in [-0.2, -0.15) is 0 Å². The first-order chi connectivity index (χ1) is 7.43. The van der Waals surface area contributed by atoms with Crippen molar-refractivity contribution in [1.82, 2.24) is 5.32 Å². The zero-order chi connectivity index (χ0) is 12.2. The molecule has 2 nitrogen and oxygen atoms in total. The molecule has 90 valence electrons. The van der Waals surface area contributed by atoms with Crippen LogP contribution in [0.4, 0.5) is 0 Å².